The molecule has 2 amide bonds. The number of carbonyl (C=O) groups excluding carboxylic acids is 2. The van der Waals surface area contributed by atoms with Crippen LogP contribution in [0.2, 0.25) is 0 Å². The van der Waals surface area contributed by atoms with Crippen LogP contribution in [-0.4, -0.2) is 41.3 Å². The van der Waals surface area contributed by atoms with E-state index in [2.05, 4.69) is 10.3 Å². The quantitative estimate of drug-likeness (QED) is 0.747. The minimum atomic E-state index is -0.0995. The maximum Gasteiger partial charge on any atom is 0.263 e. The molecule has 0 spiro atoms. The lowest BCUT2D eigenvalue weighted by atomic mass is 10.2. The van der Waals surface area contributed by atoms with E-state index in [1.54, 1.807) is 11.1 Å². The maximum atomic E-state index is 11.8. The Morgan fingerprint density at radius 3 is 2.55 bits per heavy atom. The minimum Gasteiger partial charge on any atom is -0.351 e. The van der Waals surface area contributed by atoms with Crippen molar-refractivity contribution in [1.82, 2.24) is 15.2 Å². The summed E-state index contributed by atoms with van der Waals surface area (Å²) in [6.45, 7) is 7.95. The second-order valence-corrected chi connectivity index (χ2v) is 5.51. The second kappa shape index (κ2) is 8.68. The molecular formula is C14H23N3O2S. The Hall–Kier alpha value is -1.43. The molecule has 0 aliphatic carbocycles. The molecule has 1 aromatic heterocycles. The van der Waals surface area contributed by atoms with Gasteiger partial charge >= 0.3 is 0 Å². The molecule has 0 fully saturated rings. The first-order chi connectivity index (χ1) is 9.62. The highest BCUT2D eigenvalue weighted by Gasteiger charge is 2.11. The highest BCUT2D eigenvalue weighted by molar-refractivity contribution is 7.13. The zero-order valence-electron chi connectivity index (χ0n) is 12.4. The van der Waals surface area contributed by atoms with Crippen LogP contribution in [0.25, 0.3) is 0 Å². The zero-order valence-corrected chi connectivity index (χ0v) is 13.3. The molecule has 5 nitrogen and oxygen atoms in total. The van der Waals surface area contributed by atoms with Crippen molar-refractivity contribution in [3.8, 4) is 0 Å². The van der Waals surface area contributed by atoms with Crippen molar-refractivity contribution in [1.29, 1.82) is 0 Å². The fourth-order valence-electron chi connectivity index (χ4n) is 1.84. The Kier molecular flexibility index (Phi) is 7.22. The van der Waals surface area contributed by atoms with E-state index in [0.717, 1.165) is 24.5 Å². The molecule has 6 heteroatoms. The summed E-state index contributed by atoms with van der Waals surface area (Å²) in [6.07, 6.45) is 3.60. The SMILES string of the molecule is CCc1ncc(C(=O)NCCCC(=O)N(CC)CC)s1. The molecule has 20 heavy (non-hydrogen) atoms. The molecule has 0 aliphatic rings. The fraction of sp³-hybridized carbons (Fsp3) is 0.643. The summed E-state index contributed by atoms with van der Waals surface area (Å²) in [5, 5.41) is 3.79. The molecule has 0 aliphatic heterocycles. The molecule has 112 valence electrons. The number of aryl methyl sites for hydroxylation is 1. The smallest absolute Gasteiger partial charge is 0.263 e. The third-order valence-corrected chi connectivity index (χ3v) is 4.19. The zero-order chi connectivity index (χ0) is 15.0. The first-order valence-electron chi connectivity index (χ1n) is 7.13. The number of rotatable bonds is 8. The molecule has 0 saturated heterocycles. The highest BCUT2D eigenvalue weighted by Crippen LogP contribution is 2.12. The maximum absolute atomic E-state index is 11.8. The standard InChI is InChI=1S/C14H23N3O2S/c1-4-12-16-10-11(20-12)14(19)15-9-7-8-13(18)17(5-2)6-3/h10H,4-9H2,1-3H3,(H,15,19). The number of aromatic nitrogens is 1. The van der Waals surface area contributed by atoms with E-state index in [4.69, 9.17) is 0 Å². The van der Waals surface area contributed by atoms with Gasteiger partial charge < -0.3 is 10.2 Å². The van der Waals surface area contributed by atoms with Crippen LogP contribution in [0, 0.1) is 0 Å². The molecule has 1 heterocycles. The third kappa shape index (κ3) is 4.92. The van der Waals surface area contributed by atoms with E-state index < -0.39 is 0 Å². The molecule has 1 N–H and O–H groups in total. The lowest BCUT2D eigenvalue weighted by molar-refractivity contribution is -0.130. The molecule has 1 rings (SSSR count). The number of thiazole rings is 1. The van der Waals surface area contributed by atoms with Gasteiger partial charge in [0.1, 0.15) is 4.88 Å². The fourth-order valence-corrected chi connectivity index (χ4v) is 2.62. The van der Waals surface area contributed by atoms with Crippen LogP contribution in [0.4, 0.5) is 0 Å². The normalized spacial score (nSPS) is 10.3. The Labute approximate surface area is 124 Å². The van der Waals surface area contributed by atoms with Crippen LogP contribution in [0.3, 0.4) is 0 Å². The number of nitrogens with zero attached hydrogens (tertiary/aromatic N) is 2. The van der Waals surface area contributed by atoms with Crippen LogP contribution in [0.15, 0.2) is 6.20 Å². The summed E-state index contributed by atoms with van der Waals surface area (Å²) in [4.78, 5) is 30.2. The van der Waals surface area contributed by atoms with E-state index in [9.17, 15) is 9.59 Å². The average Bonchev–Trinajstić information content (AvgIpc) is 2.93. The summed E-state index contributed by atoms with van der Waals surface area (Å²) in [6, 6.07) is 0. The summed E-state index contributed by atoms with van der Waals surface area (Å²) < 4.78 is 0. The Bertz CT molecular complexity index is 441. The molecular weight excluding hydrogens is 274 g/mol. The molecule has 0 radical (unpaired) electrons. The molecule has 0 bridgehead atoms. The summed E-state index contributed by atoms with van der Waals surface area (Å²) in [7, 11) is 0. The van der Waals surface area contributed by atoms with Gasteiger partial charge in [0.15, 0.2) is 0 Å². The van der Waals surface area contributed by atoms with E-state index in [1.807, 2.05) is 20.8 Å². The van der Waals surface area contributed by atoms with Gasteiger partial charge in [-0.1, -0.05) is 6.92 Å². The minimum absolute atomic E-state index is 0.0995. The van der Waals surface area contributed by atoms with Gasteiger partial charge in [-0.2, -0.15) is 0 Å². The van der Waals surface area contributed by atoms with Gasteiger partial charge in [-0.25, -0.2) is 4.98 Å². The van der Waals surface area contributed by atoms with Crippen molar-refractivity contribution in [2.24, 2.45) is 0 Å². The van der Waals surface area contributed by atoms with Gasteiger partial charge in [-0.15, -0.1) is 11.3 Å². The lowest BCUT2D eigenvalue weighted by Gasteiger charge is -2.18. The Morgan fingerprint density at radius 1 is 1.30 bits per heavy atom. The lowest BCUT2D eigenvalue weighted by Crippen LogP contribution is -2.31. The Morgan fingerprint density at radius 2 is 2.00 bits per heavy atom. The first-order valence-corrected chi connectivity index (χ1v) is 7.94. The van der Waals surface area contributed by atoms with Crippen LogP contribution in [-0.2, 0) is 11.2 Å². The van der Waals surface area contributed by atoms with E-state index in [-0.39, 0.29) is 11.8 Å². The average molecular weight is 297 g/mol. The van der Waals surface area contributed by atoms with Gasteiger partial charge in [0.2, 0.25) is 5.91 Å². The predicted octanol–water partition coefficient (Wildman–Crippen LogP) is 2.08. The van der Waals surface area contributed by atoms with Crippen LogP contribution in [0.1, 0.15) is 48.3 Å². The van der Waals surface area contributed by atoms with E-state index >= 15 is 0 Å². The van der Waals surface area contributed by atoms with Gasteiger partial charge in [0, 0.05) is 26.1 Å². The third-order valence-electron chi connectivity index (χ3n) is 3.05. The predicted molar refractivity (Wildman–Crippen MR) is 81.0 cm³/mol. The summed E-state index contributed by atoms with van der Waals surface area (Å²) in [5.41, 5.74) is 0. The van der Waals surface area contributed by atoms with Crippen molar-refractivity contribution in [3.05, 3.63) is 16.1 Å². The van der Waals surface area contributed by atoms with Crippen molar-refractivity contribution in [2.75, 3.05) is 19.6 Å². The largest absolute Gasteiger partial charge is 0.351 e. The molecule has 0 unspecified atom stereocenters. The number of carbonyl (C=O) groups is 2. The van der Waals surface area contributed by atoms with Crippen molar-refractivity contribution in [2.45, 2.75) is 40.0 Å². The van der Waals surface area contributed by atoms with Gasteiger partial charge in [-0.05, 0) is 26.7 Å². The van der Waals surface area contributed by atoms with Gasteiger partial charge in [-0.3, -0.25) is 9.59 Å². The molecule has 0 saturated carbocycles. The van der Waals surface area contributed by atoms with Crippen molar-refractivity contribution < 1.29 is 9.59 Å². The number of hydrogen-bond acceptors (Lipinski definition) is 4. The topological polar surface area (TPSA) is 62.3 Å². The second-order valence-electron chi connectivity index (χ2n) is 4.40. The molecule has 1 aromatic rings. The van der Waals surface area contributed by atoms with Gasteiger partial charge in [0.05, 0.1) is 11.2 Å². The van der Waals surface area contributed by atoms with Crippen molar-refractivity contribution in [3.63, 3.8) is 0 Å². The van der Waals surface area contributed by atoms with Crippen LogP contribution >= 0.6 is 11.3 Å². The highest BCUT2D eigenvalue weighted by atomic mass is 32.1. The van der Waals surface area contributed by atoms with Crippen LogP contribution < -0.4 is 5.32 Å². The van der Waals surface area contributed by atoms with E-state index in [0.29, 0.717) is 24.3 Å². The summed E-state index contributed by atoms with van der Waals surface area (Å²) >= 11 is 1.42. The van der Waals surface area contributed by atoms with E-state index in [1.165, 1.54) is 11.3 Å². The monoisotopic (exact) mass is 297 g/mol. The number of nitrogens with one attached hydrogen (secondary N) is 1. The number of hydrogen-bond donors (Lipinski definition) is 1. The molecule has 0 atom stereocenters. The molecule has 0 aromatic carbocycles. The Balaban J connectivity index is 2.27. The van der Waals surface area contributed by atoms with Gasteiger partial charge in [0.25, 0.3) is 5.91 Å². The van der Waals surface area contributed by atoms with Crippen LogP contribution in [0.5, 0.6) is 0 Å². The summed E-state index contributed by atoms with van der Waals surface area (Å²) in [5.74, 6) is 0.0489. The number of amides is 2. The first kappa shape index (κ1) is 16.6. The van der Waals surface area contributed by atoms with Crippen molar-refractivity contribution >= 4 is 23.2 Å².